The molecule has 0 aromatic carbocycles. The van der Waals surface area contributed by atoms with Crippen LogP contribution in [0.4, 0.5) is 0 Å². The Hall–Kier alpha value is -0.513. The van der Waals surface area contributed by atoms with E-state index in [0.717, 1.165) is 32.1 Å². The molecule has 0 amide bonds. The van der Waals surface area contributed by atoms with Crippen molar-refractivity contribution in [1.82, 2.24) is 10.2 Å². The molecule has 0 aliphatic heterocycles. The second kappa shape index (κ2) is 17.3. The largest absolute Gasteiger partial charge is 1.00 e. The molecule has 136 valence electrons. The summed E-state index contributed by atoms with van der Waals surface area (Å²) in [4.78, 5) is 12.7. The second-order valence-corrected chi connectivity index (χ2v) is 5.88. The van der Waals surface area contributed by atoms with Crippen molar-refractivity contribution in [3.05, 3.63) is 11.8 Å². The first-order valence-electron chi connectivity index (χ1n) is 8.68. The maximum absolute atomic E-state index is 11.5. The van der Waals surface area contributed by atoms with Crippen molar-refractivity contribution in [3.63, 3.8) is 0 Å². The molecule has 0 heterocycles. The monoisotopic (exact) mass is 336 g/mol. The zero-order chi connectivity index (χ0) is 17.5. The van der Waals surface area contributed by atoms with E-state index in [1.807, 2.05) is 11.8 Å². The molecule has 7 heteroatoms. The first kappa shape index (κ1) is 25.7. The van der Waals surface area contributed by atoms with Crippen molar-refractivity contribution >= 4 is 5.97 Å². The number of aliphatic carboxylic acids is 1. The Morgan fingerprint density at radius 2 is 2.00 bits per heavy atom. The van der Waals surface area contributed by atoms with Gasteiger partial charge in [0.25, 0.3) is 0 Å². The Balaban J connectivity index is 0. The molecule has 0 aromatic rings. The van der Waals surface area contributed by atoms with E-state index in [1.54, 1.807) is 6.08 Å². The number of nitrogens with zero attached hydrogens (tertiary/aromatic N) is 1. The van der Waals surface area contributed by atoms with E-state index < -0.39 is 12.1 Å². The summed E-state index contributed by atoms with van der Waals surface area (Å²) in [5.41, 5.74) is 0. The maximum atomic E-state index is 11.5. The van der Waals surface area contributed by atoms with Gasteiger partial charge in [0.15, 0.2) is 0 Å². The Kier molecular flexibility index (Phi) is 18.6. The summed E-state index contributed by atoms with van der Waals surface area (Å²) in [6.07, 6.45) is 5.83. The zero-order valence-electron chi connectivity index (χ0n) is 15.6. The van der Waals surface area contributed by atoms with Crippen molar-refractivity contribution in [2.24, 2.45) is 0 Å². The van der Waals surface area contributed by atoms with Gasteiger partial charge in [0.2, 0.25) is 0 Å². The van der Waals surface area contributed by atoms with Gasteiger partial charge in [-0.2, -0.15) is 0 Å². The van der Waals surface area contributed by atoms with Gasteiger partial charge < -0.3 is 20.6 Å². The predicted octanol–water partition coefficient (Wildman–Crippen LogP) is -2.05. The Morgan fingerprint density at radius 3 is 2.58 bits per heavy atom. The van der Waals surface area contributed by atoms with Gasteiger partial charge >= 0.3 is 24.8 Å². The fourth-order valence-corrected chi connectivity index (χ4v) is 2.20. The number of unbranched alkanes of at least 4 members (excludes halogenated alkanes) is 2. The third kappa shape index (κ3) is 16.3. The van der Waals surface area contributed by atoms with Crippen LogP contribution in [0, 0.1) is 0 Å². The molecule has 1 atom stereocenters. The molecule has 0 radical (unpaired) electrons. The molecule has 0 spiro atoms. The van der Waals surface area contributed by atoms with Crippen LogP contribution < -0.4 is 29.3 Å². The van der Waals surface area contributed by atoms with E-state index in [0.29, 0.717) is 32.7 Å². The van der Waals surface area contributed by atoms with Crippen molar-refractivity contribution in [2.75, 3.05) is 32.7 Å². The van der Waals surface area contributed by atoms with Gasteiger partial charge in [-0.1, -0.05) is 39.2 Å². The van der Waals surface area contributed by atoms with E-state index in [4.69, 9.17) is 5.11 Å². The summed E-state index contributed by atoms with van der Waals surface area (Å²) in [6, 6.07) is 0. The number of carboxylic acids is 1. The molecule has 0 bridgehead atoms. The molecule has 0 aliphatic carbocycles. The average Bonchev–Trinajstić information content (AvgIpc) is 2.52. The molecule has 0 saturated heterocycles. The number of nitrogens with one attached hydrogen (secondary N) is 1. The van der Waals surface area contributed by atoms with E-state index in [9.17, 15) is 15.0 Å². The van der Waals surface area contributed by atoms with Gasteiger partial charge in [0, 0.05) is 32.7 Å². The summed E-state index contributed by atoms with van der Waals surface area (Å²) in [6.45, 7) is 6.53. The quantitative estimate of drug-likeness (QED) is 0.181. The number of hydrogen-bond acceptors (Lipinski definition) is 5. The van der Waals surface area contributed by atoms with Crippen LogP contribution in [0.3, 0.4) is 0 Å². The van der Waals surface area contributed by atoms with Crippen molar-refractivity contribution < 1.29 is 39.0 Å². The minimum absolute atomic E-state index is 0. The molecule has 0 aromatic heterocycles. The van der Waals surface area contributed by atoms with Crippen LogP contribution in [0.2, 0.25) is 0 Å². The SMILES string of the molecule is CCC/C=C(\[O-])CNCCN(CCC(=O)O)CC(O)CCCC.[Li+]. The fourth-order valence-electron chi connectivity index (χ4n) is 2.20. The topological polar surface area (TPSA) is 95.9 Å². The molecule has 3 N–H and O–H groups in total. The van der Waals surface area contributed by atoms with Crippen LogP contribution in [0.5, 0.6) is 0 Å². The zero-order valence-corrected chi connectivity index (χ0v) is 15.6. The number of carboxylic acid groups (broad SMARTS) is 1. The van der Waals surface area contributed by atoms with Gasteiger partial charge in [-0.15, -0.1) is 5.76 Å². The third-order valence-corrected chi connectivity index (χ3v) is 3.57. The van der Waals surface area contributed by atoms with Crippen LogP contribution in [0.15, 0.2) is 11.8 Å². The molecule has 6 nitrogen and oxygen atoms in total. The Bertz CT molecular complexity index is 341. The van der Waals surface area contributed by atoms with E-state index in [1.165, 1.54) is 0 Å². The first-order chi connectivity index (χ1) is 11.0. The van der Waals surface area contributed by atoms with Crippen molar-refractivity contribution in [2.45, 2.75) is 58.5 Å². The maximum Gasteiger partial charge on any atom is 1.00 e. The van der Waals surface area contributed by atoms with Crippen LogP contribution in [-0.2, 0) is 4.79 Å². The Labute approximate surface area is 158 Å². The van der Waals surface area contributed by atoms with Gasteiger partial charge in [0.1, 0.15) is 0 Å². The minimum atomic E-state index is -0.838. The molecule has 0 aliphatic rings. The number of carbonyl (C=O) groups is 1. The minimum Gasteiger partial charge on any atom is -0.875 e. The van der Waals surface area contributed by atoms with Gasteiger partial charge in [0.05, 0.1) is 12.5 Å². The van der Waals surface area contributed by atoms with E-state index in [-0.39, 0.29) is 31.0 Å². The van der Waals surface area contributed by atoms with Gasteiger partial charge in [-0.25, -0.2) is 0 Å². The summed E-state index contributed by atoms with van der Waals surface area (Å²) in [7, 11) is 0. The normalized spacial score (nSPS) is 12.9. The van der Waals surface area contributed by atoms with Crippen molar-refractivity contribution in [3.8, 4) is 0 Å². The van der Waals surface area contributed by atoms with E-state index >= 15 is 0 Å². The molecule has 0 rings (SSSR count). The summed E-state index contributed by atoms with van der Waals surface area (Å²) < 4.78 is 0. The van der Waals surface area contributed by atoms with Crippen molar-refractivity contribution in [1.29, 1.82) is 0 Å². The van der Waals surface area contributed by atoms with Crippen LogP contribution in [0.25, 0.3) is 0 Å². The number of hydrogen-bond donors (Lipinski definition) is 3. The van der Waals surface area contributed by atoms with E-state index in [2.05, 4.69) is 12.2 Å². The molecular formula is C17H33LiN2O4. The molecular weight excluding hydrogens is 303 g/mol. The smallest absolute Gasteiger partial charge is 0.875 e. The molecule has 24 heavy (non-hydrogen) atoms. The first-order valence-corrected chi connectivity index (χ1v) is 8.68. The van der Waals surface area contributed by atoms with Gasteiger partial charge in [-0.05, 0) is 12.8 Å². The fraction of sp³-hybridized carbons (Fsp3) is 0.824. The molecule has 1 unspecified atom stereocenters. The number of aliphatic hydroxyl groups is 1. The number of allylic oxidation sites excluding steroid dienone is 1. The number of rotatable bonds is 15. The van der Waals surface area contributed by atoms with Crippen LogP contribution in [-0.4, -0.2) is 59.9 Å². The standard InChI is InChI=1S/C17H34N2O4.Li/c1-3-5-7-15(20)13-18-10-12-19(11-9-17(22)23)14-16(21)8-6-4-2;/h7,16,18,20-21H,3-6,8-14H2,1-2H3,(H,22,23);/q;+1/p-1/b15-7-;. The number of aliphatic hydroxyl groups excluding tert-OH is 1. The summed E-state index contributed by atoms with van der Waals surface area (Å²) >= 11 is 0. The Morgan fingerprint density at radius 1 is 1.29 bits per heavy atom. The van der Waals surface area contributed by atoms with Crippen LogP contribution in [0.1, 0.15) is 52.4 Å². The summed E-state index contributed by atoms with van der Waals surface area (Å²) in [5.74, 6) is -0.748. The predicted molar refractivity (Wildman–Crippen MR) is 90.1 cm³/mol. The van der Waals surface area contributed by atoms with Crippen LogP contribution >= 0.6 is 0 Å². The molecule has 0 saturated carbocycles. The van der Waals surface area contributed by atoms with Gasteiger partial charge in [-0.3, -0.25) is 9.69 Å². The average molecular weight is 336 g/mol. The summed E-state index contributed by atoms with van der Waals surface area (Å²) in [5, 5.41) is 33.4. The molecule has 0 fully saturated rings. The third-order valence-electron chi connectivity index (χ3n) is 3.57. The second-order valence-electron chi connectivity index (χ2n) is 5.88.